The number of benzene rings is 1. The first-order valence-electron chi connectivity index (χ1n) is 5.60. The molecule has 19 heavy (non-hydrogen) atoms. The van der Waals surface area contributed by atoms with Crippen molar-refractivity contribution in [1.82, 2.24) is 4.31 Å². The monoisotopic (exact) mass is 286 g/mol. The Hall–Kier alpha value is -1.60. The minimum Gasteiger partial charge on any atom is -0.468 e. The van der Waals surface area contributed by atoms with Crippen LogP contribution in [0.25, 0.3) is 0 Å². The maximum Gasteiger partial charge on any atom is 0.321 e. The highest BCUT2D eigenvalue weighted by molar-refractivity contribution is 7.89. The molecule has 0 unspecified atom stereocenters. The number of methoxy groups -OCH3 is 1. The Labute approximate surface area is 113 Å². The molecule has 0 aliphatic heterocycles. The van der Waals surface area contributed by atoms with Gasteiger partial charge in [-0.05, 0) is 37.1 Å². The average Bonchev–Trinajstić information content (AvgIpc) is 2.33. The quantitative estimate of drug-likeness (QED) is 0.649. The van der Waals surface area contributed by atoms with Gasteiger partial charge in [-0.2, -0.15) is 4.31 Å². The first-order chi connectivity index (χ1) is 8.70. The number of rotatable bonds is 4. The zero-order valence-electron chi connectivity index (χ0n) is 11.4. The van der Waals surface area contributed by atoms with Gasteiger partial charge in [0.05, 0.1) is 12.0 Å². The Morgan fingerprint density at radius 1 is 1.37 bits per heavy atom. The summed E-state index contributed by atoms with van der Waals surface area (Å²) < 4.78 is 30.1. The fourth-order valence-electron chi connectivity index (χ4n) is 1.62. The van der Waals surface area contributed by atoms with Crippen molar-refractivity contribution in [2.75, 3.05) is 26.4 Å². The van der Waals surface area contributed by atoms with Crippen LogP contribution in [0, 0.1) is 13.8 Å². The second kappa shape index (κ2) is 5.58. The summed E-state index contributed by atoms with van der Waals surface area (Å²) in [5.74, 6) is -0.621. The van der Waals surface area contributed by atoms with E-state index in [2.05, 4.69) is 4.74 Å². The normalized spacial score (nSPS) is 11.6. The zero-order valence-corrected chi connectivity index (χ0v) is 12.2. The molecule has 7 heteroatoms. The standard InChI is InChI=1S/C12H18N2O4S/c1-8-5-10(13)9(2)11(6-8)19(16,17)14(3)7-12(15)18-4/h5-6H,7,13H2,1-4H3. The summed E-state index contributed by atoms with van der Waals surface area (Å²) in [6.45, 7) is 3.05. The van der Waals surface area contributed by atoms with Gasteiger partial charge in [-0.1, -0.05) is 0 Å². The van der Waals surface area contributed by atoms with Crippen LogP contribution in [0.1, 0.15) is 11.1 Å². The van der Waals surface area contributed by atoms with E-state index in [-0.39, 0.29) is 11.4 Å². The Bertz CT molecular complexity index is 596. The van der Waals surface area contributed by atoms with E-state index in [1.54, 1.807) is 19.9 Å². The maximum absolute atomic E-state index is 12.4. The van der Waals surface area contributed by atoms with E-state index < -0.39 is 16.0 Å². The van der Waals surface area contributed by atoms with E-state index >= 15 is 0 Å². The smallest absolute Gasteiger partial charge is 0.321 e. The number of anilines is 1. The van der Waals surface area contributed by atoms with Gasteiger partial charge >= 0.3 is 5.97 Å². The van der Waals surface area contributed by atoms with Crippen LogP contribution in [-0.4, -0.2) is 39.4 Å². The summed E-state index contributed by atoms with van der Waals surface area (Å²) in [6.07, 6.45) is 0. The van der Waals surface area contributed by atoms with Crippen LogP contribution in [0.5, 0.6) is 0 Å². The number of carbonyl (C=O) groups is 1. The number of nitrogen functional groups attached to an aromatic ring is 1. The van der Waals surface area contributed by atoms with Crippen LogP contribution in [0.15, 0.2) is 17.0 Å². The third-order valence-electron chi connectivity index (χ3n) is 2.81. The molecule has 6 nitrogen and oxygen atoms in total. The molecule has 106 valence electrons. The number of hydrogen-bond donors (Lipinski definition) is 1. The third kappa shape index (κ3) is 3.24. The number of sulfonamides is 1. The number of nitrogens with zero attached hydrogens (tertiary/aromatic N) is 1. The largest absolute Gasteiger partial charge is 0.468 e. The topological polar surface area (TPSA) is 89.7 Å². The zero-order chi connectivity index (χ0) is 14.8. The molecule has 0 radical (unpaired) electrons. The van der Waals surface area contributed by atoms with E-state index in [1.807, 2.05) is 0 Å². The van der Waals surface area contributed by atoms with Crippen molar-refractivity contribution in [2.45, 2.75) is 18.7 Å². The van der Waals surface area contributed by atoms with Crippen molar-refractivity contribution in [2.24, 2.45) is 0 Å². The van der Waals surface area contributed by atoms with Gasteiger partial charge in [-0.3, -0.25) is 4.79 Å². The Kier molecular flexibility index (Phi) is 4.54. The van der Waals surface area contributed by atoms with Gasteiger partial charge in [-0.15, -0.1) is 0 Å². The lowest BCUT2D eigenvalue weighted by molar-refractivity contribution is -0.140. The van der Waals surface area contributed by atoms with E-state index in [4.69, 9.17) is 5.73 Å². The highest BCUT2D eigenvalue weighted by Crippen LogP contribution is 2.25. The SMILES string of the molecule is COC(=O)CN(C)S(=O)(=O)c1cc(C)cc(N)c1C. The van der Waals surface area contributed by atoms with Crippen LogP contribution >= 0.6 is 0 Å². The van der Waals surface area contributed by atoms with Crippen molar-refractivity contribution in [3.05, 3.63) is 23.3 Å². The summed E-state index contributed by atoms with van der Waals surface area (Å²) in [5.41, 5.74) is 7.40. The molecule has 0 aromatic heterocycles. The predicted molar refractivity (Wildman–Crippen MR) is 72.2 cm³/mol. The van der Waals surface area contributed by atoms with Gasteiger partial charge in [0, 0.05) is 12.7 Å². The summed E-state index contributed by atoms with van der Waals surface area (Å²) >= 11 is 0. The van der Waals surface area contributed by atoms with Crippen LogP contribution in [0.2, 0.25) is 0 Å². The molecule has 0 spiro atoms. The molecule has 0 saturated heterocycles. The Balaban J connectivity index is 3.24. The second-order valence-electron chi connectivity index (χ2n) is 4.31. The minimum atomic E-state index is -3.77. The lowest BCUT2D eigenvalue weighted by Gasteiger charge is -2.18. The molecule has 1 rings (SSSR count). The number of carbonyl (C=O) groups excluding carboxylic acids is 1. The molecule has 2 N–H and O–H groups in total. The molecule has 0 aliphatic rings. The van der Waals surface area contributed by atoms with Crippen molar-refractivity contribution in [3.8, 4) is 0 Å². The van der Waals surface area contributed by atoms with Crippen molar-refractivity contribution in [3.63, 3.8) is 0 Å². The molecule has 0 fully saturated rings. The molecule has 0 amide bonds. The number of hydrogen-bond acceptors (Lipinski definition) is 5. The molecule has 1 aromatic rings. The lowest BCUT2D eigenvalue weighted by Crippen LogP contribution is -2.33. The fourth-order valence-corrected chi connectivity index (χ4v) is 3.07. The first kappa shape index (κ1) is 15.5. The number of esters is 1. The molecule has 0 aliphatic carbocycles. The summed E-state index contributed by atoms with van der Waals surface area (Å²) in [6, 6.07) is 3.24. The highest BCUT2D eigenvalue weighted by Gasteiger charge is 2.25. The number of nitrogens with two attached hydrogens (primary N) is 1. The van der Waals surface area contributed by atoms with Gasteiger partial charge in [-0.25, -0.2) is 8.42 Å². The van der Waals surface area contributed by atoms with Gasteiger partial charge in [0.15, 0.2) is 0 Å². The van der Waals surface area contributed by atoms with Gasteiger partial charge in [0.25, 0.3) is 0 Å². The second-order valence-corrected chi connectivity index (χ2v) is 6.33. The van der Waals surface area contributed by atoms with E-state index in [9.17, 15) is 13.2 Å². The Morgan fingerprint density at radius 3 is 2.47 bits per heavy atom. The first-order valence-corrected chi connectivity index (χ1v) is 7.04. The third-order valence-corrected chi connectivity index (χ3v) is 4.74. The fraction of sp³-hybridized carbons (Fsp3) is 0.417. The lowest BCUT2D eigenvalue weighted by atomic mass is 10.1. The van der Waals surface area contributed by atoms with Gasteiger partial charge in [0.1, 0.15) is 6.54 Å². The van der Waals surface area contributed by atoms with Crippen molar-refractivity contribution < 1.29 is 17.9 Å². The van der Waals surface area contributed by atoms with Crippen molar-refractivity contribution in [1.29, 1.82) is 0 Å². The highest BCUT2D eigenvalue weighted by atomic mass is 32.2. The summed E-state index contributed by atoms with van der Waals surface area (Å²) in [5, 5.41) is 0. The summed E-state index contributed by atoms with van der Waals surface area (Å²) in [7, 11) is -1.24. The van der Waals surface area contributed by atoms with Crippen LogP contribution in [-0.2, 0) is 19.6 Å². The van der Waals surface area contributed by atoms with Crippen LogP contribution < -0.4 is 5.73 Å². The van der Waals surface area contributed by atoms with E-state index in [0.29, 0.717) is 11.3 Å². The summed E-state index contributed by atoms with van der Waals surface area (Å²) in [4.78, 5) is 11.3. The van der Waals surface area contributed by atoms with E-state index in [1.165, 1.54) is 20.2 Å². The average molecular weight is 286 g/mol. The Morgan fingerprint density at radius 2 is 1.95 bits per heavy atom. The number of likely N-dealkylation sites (N-methyl/N-ethyl adjacent to an activating group) is 1. The molecule has 0 bridgehead atoms. The predicted octanol–water partition coefficient (Wildman–Crippen LogP) is 0.679. The molecular weight excluding hydrogens is 268 g/mol. The molecule has 1 aromatic carbocycles. The van der Waals surface area contributed by atoms with E-state index in [0.717, 1.165) is 9.87 Å². The molecule has 0 heterocycles. The number of ether oxygens (including phenoxy) is 1. The van der Waals surface area contributed by atoms with Gasteiger partial charge < -0.3 is 10.5 Å². The van der Waals surface area contributed by atoms with Gasteiger partial charge in [0.2, 0.25) is 10.0 Å². The maximum atomic E-state index is 12.4. The number of aryl methyl sites for hydroxylation is 1. The molecular formula is C12H18N2O4S. The molecule has 0 atom stereocenters. The van der Waals surface area contributed by atoms with Crippen molar-refractivity contribution >= 4 is 21.7 Å². The van der Waals surface area contributed by atoms with Crippen LogP contribution in [0.4, 0.5) is 5.69 Å². The minimum absolute atomic E-state index is 0.108. The van der Waals surface area contributed by atoms with Crippen LogP contribution in [0.3, 0.4) is 0 Å². The molecule has 0 saturated carbocycles.